The zero-order chi connectivity index (χ0) is 34.1. The van der Waals surface area contributed by atoms with Crippen LogP contribution in [0.1, 0.15) is 149 Å². The van der Waals surface area contributed by atoms with Crippen LogP contribution in [0.15, 0.2) is 36.5 Å². The summed E-state index contributed by atoms with van der Waals surface area (Å²) in [5.41, 5.74) is 0. The molecule has 0 radical (unpaired) electrons. The number of amides is 2. The molecule has 4 N–H and O–H groups in total. The van der Waals surface area contributed by atoms with Crippen LogP contribution < -0.4 is 10.6 Å². The Balaban J connectivity index is 4.11. The van der Waals surface area contributed by atoms with Crippen molar-refractivity contribution in [2.45, 2.75) is 161 Å². The van der Waals surface area contributed by atoms with E-state index < -0.39 is 24.5 Å². The van der Waals surface area contributed by atoms with Crippen LogP contribution in [0.4, 0.5) is 0 Å². The van der Waals surface area contributed by atoms with Crippen LogP contribution in [0.3, 0.4) is 0 Å². The third kappa shape index (κ3) is 28.5. The molecule has 0 aromatic heterocycles. The van der Waals surface area contributed by atoms with Crippen molar-refractivity contribution in [3.05, 3.63) is 36.5 Å². The smallest absolute Gasteiger partial charge is 0.328 e. The van der Waals surface area contributed by atoms with Gasteiger partial charge in [-0.25, -0.2) is 4.79 Å². The van der Waals surface area contributed by atoms with Crippen molar-refractivity contribution in [3.63, 3.8) is 0 Å². The van der Waals surface area contributed by atoms with Crippen LogP contribution in [0.25, 0.3) is 0 Å². The zero-order valence-electron chi connectivity index (χ0n) is 28.8. The molecule has 264 valence electrons. The molecule has 9 heteroatoms. The number of hydrogen-bond acceptors (Lipinski definition) is 6. The highest BCUT2D eigenvalue weighted by molar-refractivity contribution is 5.87. The van der Waals surface area contributed by atoms with Gasteiger partial charge in [0, 0.05) is 12.8 Å². The summed E-state index contributed by atoms with van der Waals surface area (Å²) in [7, 11) is 0. The van der Waals surface area contributed by atoms with Crippen LogP contribution >= 0.6 is 0 Å². The molecule has 9 nitrogen and oxygen atoms in total. The number of carboxylic acid groups (broad SMARTS) is 1. The lowest BCUT2D eigenvalue weighted by atomic mass is 10.1. The molecule has 0 aromatic carbocycles. The second-order valence-electron chi connectivity index (χ2n) is 11.9. The number of nitrogens with one attached hydrogen (secondary N) is 2. The molecule has 0 aliphatic rings. The fraction of sp³-hybridized carbons (Fsp3) is 0.730. The highest BCUT2D eigenvalue weighted by Gasteiger charge is 2.18. The Morgan fingerprint density at radius 2 is 1.26 bits per heavy atom. The molecule has 0 spiro atoms. The van der Waals surface area contributed by atoms with Crippen LogP contribution in [-0.4, -0.2) is 59.3 Å². The van der Waals surface area contributed by atoms with Crippen molar-refractivity contribution in [2.24, 2.45) is 0 Å². The number of aliphatic carboxylic acids is 1. The Hall–Kier alpha value is -2.94. The van der Waals surface area contributed by atoms with Crippen molar-refractivity contribution in [1.29, 1.82) is 0 Å². The number of allylic oxidation sites excluding steroid dienone is 5. The van der Waals surface area contributed by atoms with E-state index in [9.17, 15) is 19.2 Å². The standard InChI is InChI=1S/C37H64N2O7/c1-3-5-7-9-10-11-12-13-14-15-16-17-18-19-25-29-36(43)46-32(26-22-8-6-4-2)27-23-20-21-24-28-34(41)38-30-35(42)39-33(31-40)37(44)45/h10-11,13-14,22,26,32-33,40H,3-9,12,15-21,23-25,27-31H2,1-2H3,(H,38,41)(H,39,42)(H,44,45)/b11-10-,14-13-,26-22-. The van der Waals surface area contributed by atoms with Crippen molar-refractivity contribution in [2.75, 3.05) is 13.2 Å². The molecule has 0 saturated carbocycles. The monoisotopic (exact) mass is 648 g/mol. The summed E-state index contributed by atoms with van der Waals surface area (Å²) in [5.74, 6) is -2.43. The first-order valence-corrected chi connectivity index (χ1v) is 17.9. The first-order chi connectivity index (χ1) is 22.3. The SMILES string of the molecule is CCCC/C=C\C(CCCCCCC(=O)NCC(=O)NC(CO)C(=O)O)OC(=O)CCCCCCC/C=C\C/C=C\CCCCC. The second kappa shape index (κ2) is 32.0. The number of rotatable bonds is 31. The van der Waals surface area contributed by atoms with Gasteiger partial charge in [0.15, 0.2) is 0 Å². The van der Waals surface area contributed by atoms with E-state index in [1.807, 2.05) is 6.08 Å². The Morgan fingerprint density at radius 1 is 0.674 bits per heavy atom. The van der Waals surface area contributed by atoms with Gasteiger partial charge in [0.05, 0.1) is 13.2 Å². The number of hydrogen-bond donors (Lipinski definition) is 4. The molecule has 0 heterocycles. The number of aliphatic hydroxyl groups excluding tert-OH is 1. The van der Waals surface area contributed by atoms with Gasteiger partial charge in [0.2, 0.25) is 11.8 Å². The zero-order valence-corrected chi connectivity index (χ0v) is 28.8. The Bertz CT molecular complexity index is 885. The van der Waals surface area contributed by atoms with Crippen molar-refractivity contribution in [1.82, 2.24) is 10.6 Å². The van der Waals surface area contributed by atoms with Gasteiger partial charge >= 0.3 is 11.9 Å². The van der Waals surface area contributed by atoms with Crippen LogP contribution in [-0.2, 0) is 23.9 Å². The van der Waals surface area contributed by atoms with E-state index in [-0.39, 0.29) is 30.9 Å². The average molecular weight is 649 g/mol. The summed E-state index contributed by atoms with van der Waals surface area (Å²) >= 11 is 0. The summed E-state index contributed by atoms with van der Waals surface area (Å²) in [6, 6.07) is -1.39. The number of carboxylic acids is 1. The van der Waals surface area contributed by atoms with E-state index >= 15 is 0 Å². The van der Waals surface area contributed by atoms with Gasteiger partial charge in [0.1, 0.15) is 12.1 Å². The molecule has 0 saturated heterocycles. The summed E-state index contributed by atoms with van der Waals surface area (Å²) in [6.07, 6.45) is 33.5. The minimum absolute atomic E-state index is 0.134. The first kappa shape index (κ1) is 43.1. The maximum absolute atomic E-state index is 12.5. The molecular weight excluding hydrogens is 584 g/mol. The van der Waals surface area contributed by atoms with Gasteiger partial charge in [-0.1, -0.05) is 102 Å². The van der Waals surface area contributed by atoms with Crippen LogP contribution in [0.2, 0.25) is 0 Å². The maximum Gasteiger partial charge on any atom is 0.328 e. The third-order valence-electron chi connectivity index (χ3n) is 7.59. The maximum atomic E-state index is 12.5. The number of carbonyl (C=O) groups is 4. The van der Waals surface area contributed by atoms with Crippen LogP contribution in [0.5, 0.6) is 0 Å². The lowest BCUT2D eigenvalue weighted by Crippen LogP contribution is -2.47. The van der Waals surface area contributed by atoms with Gasteiger partial charge in [-0.15, -0.1) is 0 Å². The van der Waals surface area contributed by atoms with Crippen molar-refractivity contribution < 1.29 is 34.1 Å². The third-order valence-corrected chi connectivity index (χ3v) is 7.59. The first-order valence-electron chi connectivity index (χ1n) is 17.9. The Labute approximate surface area is 278 Å². The Kier molecular flexibility index (Phi) is 30.0. The number of carbonyl (C=O) groups excluding carboxylic acids is 3. The molecule has 0 bridgehead atoms. The van der Waals surface area contributed by atoms with E-state index in [1.54, 1.807) is 0 Å². The molecule has 2 amide bonds. The fourth-order valence-corrected chi connectivity index (χ4v) is 4.76. The molecule has 0 rings (SSSR count). The molecular formula is C37H64N2O7. The van der Waals surface area contributed by atoms with E-state index in [1.165, 1.54) is 38.5 Å². The van der Waals surface area contributed by atoms with Crippen molar-refractivity contribution >= 4 is 23.8 Å². The van der Waals surface area contributed by atoms with E-state index in [0.717, 1.165) is 77.0 Å². The molecule has 0 aromatic rings. The molecule has 2 atom stereocenters. The van der Waals surface area contributed by atoms with E-state index in [0.29, 0.717) is 12.8 Å². The minimum atomic E-state index is -1.39. The summed E-state index contributed by atoms with van der Waals surface area (Å²) in [5, 5.41) is 22.4. The van der Waals surface area contributed by atoms with E-state index in [2.05, 4.69) is 54.9 Å². The predicted octanol–water partition coefficient (Wildman–Crippen LogP) is 7.48. The second-order valence-corrected chi connectivity index (χ2v) is 11.9. The Morgan fingerprint density at radius 3 is 1.91 bits per heavy atom. The predicted molar refractivity (Wildman–Crippen MR) is 185 cm³/mol. The minimum Gasteiger partial charge on any atom is -0.480 e. The molecule has 0 aliphatic heterocycles. The molecule has 2 unspecified atom stereocenters. The molecule has 0 fully saturated rings. The van der Waals surface area contributed by atoms with Gasteiger partial charge in [0.25, 0.3) is 0 Å². The lowest BCUT2D eigenvalue weighted by molar-refractivity contribution is -0.147. The summed E-state index contributed by atoms with van der Waals surface area (Å²) in [4.78, 5) is 47.1. The topological polar surface area (TPSA) is 142 Å². The van der Waals surface area contributed by atoms with Gasteiger partial charge in [-0.2, -0.15) is 0 Å². The quantitative estimate of drug-likeness (QED) is 0.0347. The normalized spacial score (nSPS) is 12.9. The van der Waals surface area contributed by atoms with E-state index in [4.69, 9.17) is 14.9 Å². The largest absolute Gasteiger partial charge is 0.480 e. The summed E-state index contributed by atoms with van der Waals surface area (Å²) < 4.78 is 5.80. The average Bonchev–Trinajstić information content (AvgIpc) is 3.03. The van der Waals surface area contributed by atoms with Crippen molar-refractivity contribution in [3.8, 4) is 0 Å². The number of unbranched alkanes of at least 4 members (excludes halogenated alkanes) is 13. The molecule has 0 aliphatic carbocycles. The number of aliphatic hydroxyl groups is 1. The number of esters is 1. The highest BCUT2D eigenvalue weighted by atomic mass is 16.5. The van der Waals surface area contributed by atoms with Crippen LogP contribution in [0, 0.1) is 0 Å². The van der Waals surface area contributed by atoms with Gasteiger partial charge < -0.3 is 25.6 Å². The number of ether oxygens (including phenoxy) is 1. The van der Waals surface area contributed by atoms with Gasteiger partial charge in [-0.3, -0.25) is 14.4 Å². The lowest BCUT2D eigenvalue weighted by Gasteiger charge is -2.15. The van der Waals surface area contributed by atoms with Gasteiger partial charge in [-0.05, 0) is 70.3 Å². The molecule has 46 heavy (non-hydrogen) atoms. The highest BCUT2D eigenvalue weighted by Crippen LogP contribution is 2.14. The summed E-state index contributed by atoms with van der Waals surface area (Å²) in [6.45, 7) is 3.32. The fourth-order valence-electron chi connectivity index (χ4n) is 4.76.